The average molecular weight is 992 g/mol. The first-order valence-corrected chi connectivity index (χ1v) is 25.8. The predicted octanol–water partition coefficient (Wildman–Crippen LogP) is 7.23. The number of aromatic nitrogens is 2. The highest BCUT2D eigenvalue weighted by molar-refractivity contribution is 6.39. The number of esters is 1. The van der Waals surface area contributed by atoms with Crippen LogP contribution in [0, 0.1) is 29.6 Å². The number of methoxy groups -OCH3 is 4. The zero-order valence-electron chi connectivity index (χ0n) is 43.7. The lowest BCUT2D eigenvalue weighted by molar-refractivity contribution is -0.302. The molecule has 2 bridgehead atoms. The topological polar surface area (TPSA) is 205 Å². The smallest absolute Gasteiger partial charge is 0.329 e. The predicted molar refractivity (Wildman–Crippen MR) is 265 cm³/mol. The van der Waals surface area contributed by atoms with Gasteiger partial charge in [0.15, 0.2) is 0 Å². The van der Waals surface area contributed by atoms with Crippen LogP contribution in [0.2, 0.25) is 0 Å². The number of H-pyrrole nitrogens is 1. The van der Waals surface area contributed by atoms with Crippen LogP contribution in [0.5, 0.6) is 0 Å². The van der Waals surface area contributed by atoms with E-state index in [-0.39, 0.29) is 62.2 Å². The molecule has 394 valence electrons. The number of hydrogen-bond donors (Lipinski definition) is 3. The van der Waals surface area contributed by atoms with Crippen LogP contribution in [0.1, 0.15) is 124 Å². The van der Waals surface area contributed by atoms with Gasteiger partial charge in [0, 0.05) is 59.2 Å². The van der Waals surface area contributed by atoms with E-state index < -0.39 is 77.8 Å². The van der Waals surface area contributed by atoms with Crippen molar-refractivity contribution in [1.82, 2.24) is 14.9 Å². The number of nitrogens with one attached hydrogen (secondary N) is 1. The maximum absolute atomic E-state index is 14.6. The van der Waals surface area contributed by atoms with Crippen molar-refractivity contribution in [2.45, 2.75) is 180 Å². The molecule has 1 aliphatic carbocycles. The molecule has 4 heterocycles. The van der Waals surface area contributed by atoms with Gasteiger partial charge in [0.1, 0.15) is 36.5 Å². The summed E-state index contributed by atoms with van der Waals surface area (Å²) in [6.45, 7) is 11.9. The molecule has 1 aromatic carbocycles. The van der Waals surface area contributed by atoms with Gasteiger partial charge in [-0.3, -0.25) is 14.4 Å². The lowest BCUT2D eigenvalue weighted by Crippen LogP contribution is -2.64. The number of ketones is 2. The van der Waals surface area contributed by atoms with E-state index >= 15 is 0 Å². The normalized spacial score (nSPS) is 35.3. The van der Waals surface area contributed by atoms with Crippen LogP contribution in [-0.4, -0.2) is 138 Å². The second-order valence-electron chi connectivity index (χ2n) is 20.7. The summed E-state index contributed by atoms with van der Waals surface area (Å²) in [5, 5.41) is 24.1. The van der Waals surface area contributed by atoms with Crippen molar-refractivity contribution in [3.05, 3.63) is 65.1 Å². The third-order valence-electron chi connectivity index (χ3n) is 15.5. The Kier molecular flexibility index (Phi) is 20.3. The average Bonchev–Trinajstić information content (AvgIpc) is 3.78. The zero-order chi connectivity index (χ0) is 51.6. The molecule has 1 saturated carbocycles. The molecule has 14 unspecified atom stereocenters. The van der Waals surface area contributed by atoms with Crippen LogP contribution in [0.15, 0.2) is 53.6 Å². The summed E-state index contributed by atoms with van der Waals surface area (Å²) in [5.41, 5.74) is 4.34. The number of Topliss-reactive ketones (excluding diaryl/α,β-unsaturated/α-hetero) is 2. The number of hydrogen-bond acceptors (Lipinski definition) is 14. The summed E-state index contributed by atoms with van der Waals surface area (Å²) in [4.78, 5) is 66.9. The largest absolute Gasteiger partial charge is 0.456 e. The Balaban J connectivity index is 1.26. The van der Waals surface area contributed by atoms with Crippen molar-refractivity contribution in [3.63, 3.8) is 0 Å². The summed E-state index contributed by atoms with van der Waals surface area (Å²) in [7, 11) is 6.38. The van der Waals surface area contributed by atoms with Crippen molar-refractivity contribution >= 4 is 23.4 Å². The quantitative estimate of drug-likeness (QED) is 0.109. The Bertz CT molecular complexity index is 2160. The molecule has 2 aromatic rings. The van der Waals surface area contributed by atoms with E-state index in [9.17, 15) is 29.4 Å². The molecule has 16 heteroatoms. The maximum Gasteiger partial charge on any atom is 0.329 e. The van der Waals surface area contributed by atoms with E-state index in [4.69, 9.17) is 38.1 Å². The molecule has 1 aromatic heterocycles. The molecular formula is C55H81N3O13. The minimum atomic E-state index is -2.52. The number of imidazole rings is 1. The van der Waals surface area contributed by atoms with E-state index in [0.717, 1.165) is 28.9 Å². The third-order valence-corrected chi connectivity index (χ3v) is 15.5. The molecule has 4 aliphatic rings. The number of aliphatic hydroxyl groups excluding tert-OH is 1. The number of nitrogens with zero attached hydrogens (tertiary/aromatic N) is 2. The SMILES string of the molecule is CCC1/C=C(\C)CC(C)CC(OC)C2OC(O)(C(=O)C(=O)N3CCCCC3C(=O)OC(C(C)=CC3CCC(OCc4nc(COC)c(-c5ccccc5)[nH]4)C(OC)C3)C(C)C(O)CC1=O)C(C)CC2OC. The second kappa shape index (κ2) is 25.7. The number of aromatic amines is 1. The van der Waals surface area contributed by atoms with Crippen LogP contribution in [0.4, 0.5) is 0 Å². The standard InChI is InChI=1S/C55H81N3O13/c1-11-38-24-32(2)23-33(3)25-46(67-9)51-47(68-10)27-35(5)55(64,71-51)52(61)53(62)58-22-16-15-19-41(58)54(63)70-50(36(6)42(59)29-43(38)60)34(4)26-37-20-21-44(45(28-37)66-8)69-31-48-56-40(30-65-7)49(57-48)39-17-13-12-14-18-39/h12-14,17-18,24,26,33,35-38,41-42,44-47,50-51,59,64H,11,15-16,19-23,25,27-31H2,1-10H3,(H,56,57)/b32-24+,34-26?. The number of ether oxygens (including phenoxy) is 7. The van der Waals surface area contributed by atoms with E-state index in [1.165, 1.54) is 19.1 Å². The van der Waals surface area contributed by atoms with Crippen LogP contribution in [-0.2, 0) is 65.5 Å². The summed E-state index contributed by atoms with van der Waals surface area (Å²) in [6, 6.07) is 8.80. The Labute approximate surface area is 420 Å². The molecule has 3 aliphatic heterocycles. The van der Waals surface area contributed by atoms with Gasteiger partial charge in [0.05, 0.1) is 48.5 Å². The highest BCUT2D eigenvalue weighted by Gasteiger charge is 2.56. The Morgan fingerprint density at radius 1 is 0.901 bits per heavy atom. The number of carbonyl (C=O) groups is 4. The molecule has 14 atom stereocenters. The summed E-state index contributed by atoms with van der Waals surface area (Å²) < 4.78 is 42.4. The molecule has 0 radical (unpaired) electrons. The van der Waals surface area contributed by atoms with Crippen molar-refractivity contribution in [2.75, 3.05) is 35.0 Å². The van der Waals surface area contributed by atoms with E-state index in [2.05, 4.69) is 18.0 Å². The Morgan fingerprint density at radius 2 is 1.61 bits per heavy atom. The van der Waals surface area contributed by atoms with Crippen LogP contribution >= 0.6 is 0 Å². The maximum atomic E-state index is 14.6. The lowest BCUT2D eigenvalue weighted by Gasteiger charge is -2.47. The number of allylic oxidation sites excluding steroid dienone is 3. The Hall–Kier alpha value is -4.13. The molecule has 0 spiro atoms. The Morgan fingerprint density at radius 3 is 2.28 bits per heavy atom. The number of rotatable bonds is 12. The monoisotopic (exact) mass is 992 g/mol. The molecule has 3 fully saturated rings. The fraction of sp³-hybridized carbons (Fsp3) is 0.691. The minimum Gasteiger partial charge on any atom is -0.456 e. The highest BCUT2D eigenvalue weighted by atomic mass is 16.7. The first-order valence-electron chi connectivity index (χ1n) is 25.8. The number of aliphatic hydroxyl groups is 2. The van der Waals surface area contributed by atoms with Crippen molar-refractivity contribution in [1.29, 1.82) is 0 Å². The fourth-order valence-corrected chi connectivity index (χ4v) is 11.4. The van der Waals surface area contributed by atoms with Gasteiger partial charge in [-0.15, -0.1) is 0 Å². The number of piperidine rings is 1. The summed E-state index contributed by atoms with van der Waals surface area (Å²) in [5.74, 6) is -6.93. The lowest BCUT2D eigenvalue weighted by atomic mass is 9.81. The molecule has 16 nitrogen and oxygen atoms in total. The van der Waals surface area contributed by atoms with Gasteiger partial charge < -0.3 is 53.3 Å². The van der Waals surface area contributed by atoms with Crippen molar-refractivity contribution in [3.8, 4) is 11.3 Å². The van der Waals surface area contributed by atoms with Crippen molar-refractivity contribution in [2.24, 2.45) is 29.6 Å². The molecule has 2 saturated heterocycles. The number of cyclic esters (lactones) is 1. The van der Waals surface area contributed by atoms with Gasteiger partial charge in [-0.2, -0.15) is 0 Å². The molecular weight excluding hydrogens is 911 g/mol. The third kappa shape index (κ3) is 13.5. The van der Waals surface area contributed by atoms with Gasteiger partial charge >= 0.3 is 5.97 Å². The van der Waals surface area contributed by atoms with Crippen LogP contribution in [0.25, 0.3) is 11.3 Å². The second-order valence-corrected chi connectivity index (χ2v) is 20.7. The summed E-state index contributed by atoms with van der Waals surface area (Å²) >= 11 is 0. The van der Waals surface area contributed by atoms with Gasteiger partial charge in [0.2, 0.25) is 5.79 Å². The summed E-state index contributed by atoms with van der Waals surface area (Å²) in [6.07, 6.45) is 4.31. The van der Waals surface area contributed by atoms with E-state index in [0.29, 0.717) is 63.0 Å². The molecule has 71 heavy (non-hydrogen) atoms. The highest BCUT2D eigenvalue weighted by Crippen LogP contribution is 2.40. The molecule has 6 rings (SSSR count). The molecule has 1 amide bonds. The number of amides is 1. The van der Waals surface area contributed by atoms with Crippen LogP contribution in [0.3, 0.4) is 0 Å². The number of fused-ring (bicyclic) bond motifs is 3. The first-order chi connectivity index (χ1) is 34.0. The van der Waals surface area contributed by atoms with Gasteiger partial charge in [0.25, 0.3) is 11.7 Å². The first kappa shape index (κ1) is 56.2. The van der Waals surface area contributed by atoms with Gasteiger partial charge in [-0.05, 0) is 101 Å². The number of benzene rings is 1. The van der Waals surface area contributed by atoms with E-state index in [1.807, 2.05) is 57.2 Å². The minimum absolute atomic E-state index is 0.0148. The van der Waals surface area contributed by atoms with Gasteiger partial charge in [-0.1, -0.05) is 75.8 Å². The fourth-order valence-electron chi connectivity index (χ4n) is 11.4. The van der Waals surface area contributed by atoms with Gasteiger partial charge in [-0.25, -0.2) is 9.78 Å². The van der Waals surface area contributed by atoms with Crippen molar-refractivity contribution < 1.29 is 62.5 Å². The molecule has 3 N–H and O–H groups in total. The van der Waals surface area contributed by atoms with Crippen LogP contribution < -0.4 is 0 Å². The number of carbonyl (C=O) groups excluding carboxylic acids is 4. The van der Waals surface area contributed by atoms with E-state index in [1.54, 1.807) is 28.1 Å². The zero-order valence-corrected chi connectivity index (χ0v) is 43.7.